The molecule has 0 fully saturated rings. The predicted molar refractivity (Wildman–Crippen MR) is 68.7 cm³/mol. The number of sulfonamides is 1. The lowest BCUT2D eigenvalue weighted by molar-refractivity contribution is -0.384. The number of carboxylic acids is 1. The highest BCUT2D eigenvalue weighted by Gasteiger charge is 2.27. The SMILES string of the molecule is NC(=O)C[C@H](NS(=O)(=O)c1ccc([N+](=O)[O-])cc1)C(=O)O. The molecule has 1 aromatic carbocycles. The van der Waals surface area contributed by atoms with Crippen LogP contribution < -0.4 is 10.5 Å². The van der Waals surface area contributed by atoms with Crippen molar-refractivity contribution in [2.75, 3.05) is 0 Å². The van der Waals surface area contributed by atoms with Gasteiger partial charge in [-0.3, -0.25) is 19.7 Å². The Morgan fingerprint density at radius 2 is 1.86 bits per heavy atom. The number of carbonyl (C=O) groups is 2. The Labute approximate surface area is 118 Å². The summed E-state index contributed by atoms with van der Waals surface area (Å²) in [5.41, 5.74) is 4.51. The maximum atomic E-state index is 11.9. The highest BCUT2D eigenvalue weighted by atomic mass is 32.2. The van der Waals surface area contributed by atoms with Crippen LogP contribution in [0.4, 0.5) is 5.69 Å². The molecule has 10 nitrogen and oxygen atoms in total. The first-order valence-corrected chi connectivity index (χ1v) is 6.89. The zero-order valence-corrected chi connectivity index (χ0v) is 11.2. The number of nitro benzene ring substituents is 1. The number of non-ortho nitro benzene ring substituents is 1. The van der Waals surface area contributed by atoms with Crippen molar-refractivity contribution >= 4 is 27.6 Å². The average Bonchev–Trinajstić information content (AvgIpc) is 2.37. The van der Waals surface area contributed by atoms with E-state index in [4.69, 9.17) is 10.8 Å². The molecule has 1 aromatic rings. The fraction of sp³-hybridized carbons (Fsp3) is 0.200. The van der Waals surface area contributed by atoms with Gasteiger partial charge in [-0.1, -0.05) is 0 Å². The summed E-state index contributed by atoms with van der Waals surface area (Å²) in [5, 5.41) is 19.3. The molecule has 0 saturated carbocycles. The van der Waals surface area contributed by atoms with Crippen molar-refractivity contribution in [3.63, 3.8) is 0 Å². The van der Waals surface area contributed by atoms with Gasteiger partial charge < -0.3 is 10.8 Å². The van der Waals surface area contributed by atoms with Gasteiger partial charge in [0.15, 0.2) is 0 Å². The molecular weight excluding hydrogens is 306 g/mol. The molecule has 11 heteroatoms. The van der Waals surface area contributed by atoms with E-state index in [2.05, 4.69) is 0 Å². The number of nitrogens with one attached hydrogen (secondary N) is 1. The molecule has 0 bridgehead atoms. The Kier molecular flexibility index (Phi) is 4.94. The van der Waals surface area contributed by atoms with E-state index in [0.29, 0.717) is 0 Å². The second-order valence-electron chi connectivity index (χ2n) is 3.93. The summed E-state index contributed by atoms with van der Waals surface area (Å²) in [4.78, 5) is 30.9. The van der Waals surface area contributed by atoms with E-state index in [1.165, 1.54) is 0 Å². The van der Waals surface area contributed by atoms with Crippen LogP contribution in [0.1, 0.15) is 6.42 Å². The van der Waals surface area contributed by atoms with Gasteiger partial charge in [-0.05, 0) is 12.1 Å². The monoisotopic (exact) mass is 317 g/mol. The number of rotatable bonds is 7. The number of carbonyl (C=O) groups excluding carboxylic acids is 1. The van der Waals surface area contributed by atoms with Crippen LogP contribution in [0.2, 0.25) is 0 Å². The minimum absolute atomic E-state index is 0.319. The molecule has 1 amide bonds. The number of nitro groups is 1. The lowest BCUT2D eigenvalue weighted by atomic mass is 10.2. The fourth-order valence-electron chi connectivity index (χ4n) is 1.38. The van der Waals surface area contributed by atoms with Gasteiger partial charge in [0.2, 0.25) is 15.9 Å². The van der Waals surface area contributed by atoms with Crippen LogP contribution in [0.15, 0.2) is 29.2 Å². The van der Waals surface area contributed by atoms with Crippen LogP contribution in [0.5, 0.6) is 0 Å². The van der Waals surface area contributed by atoms with Gasteiger partial charge in [-0.2, -0.15) is 4.72 Å². The van der Waals surface area contributed by atoms with Crippen molar-refractivity contribution < 1.29 is 28.0 Å². The fourth-order valence-corrected chi connectivity index (χ4v) is 2.57. The number of nitrogens with two attached hydrogens (primary N) is 1. The average molecular weight is 317 g/mol. The van der Waals surface area contributed by atoms with Crippen LogP contribution in [0.3, 0.4) is 0 Å². The van der Waals surface area contributed by atoms with Gasteiger partial charge in [-0.25, -0.2) is 8.42 Å². The molecule has 0 spiro atoms. The van der Waals surface area contributed by atoms with Crippen molar-refractivity contribution in [3.05, 3.63) is 34.4 Å². The summed E-state index contributed by atoms with van der Waals surface area (Å²) in [5.74, 6) is -2.56. The summed E-state index contributed by atoms with van der Waals surface area (Å²) < 4.78 is 25.6. The van der Waals surface area contributed by atoms with Crippen molar-refractivity contribution in [2.24, 2.45) is 5.73 Å². The van der Waals surface area contributed by atoms with Crippen molar-refractivity contribution in [3.8, 4) is 0 Å². The largest absolute Gasteiger partial charge is 0.480 e. The number of amides is 1. The number of hydrogen-bond donors (Lipinski definition) is 3. The molecule has 0 aliphatic heterocycles. The van der Waals surface area contributed by atoms with Crippen LogP contribution in [-0.2, 0) is 19.6 Å². The maximum absolute atomic E-state index is 11.9. The summed E-state index contributed by atoms with van der Waals surface area (Å²) in [6, 6.07) is 2.09. The molecule has 0 aliphatic rings. The molecule has 0 aromatic heterocycles. The van der Waals surface area contributed by atoms with Crippen molar-refractivity contribution in [2.45, 2.75) is 17.4 Å². The second-order valence-corrected chi connectivity index (χ2v) is 5.65. The third-order valence-corrected chi connectivity index (χ3v) is 3.85. The van der Waals surface area contributed by atoms with Gasteiger partial charge in [0.25, 0.3) is 5.69 Å². The van der Waals surface area contributed by atoms with Crippen LogP contribution in [0, 0.1) is 10.1 Å². The molecule has 0 aliphatic carbocycles. The molecule has 4 N–H and O–H groups in total. The number of nitrogens with zero attached hydrogens (tertiary/aromatic N) is 1. The third-order valence-electron chi connectivity index (χ3n) is 2.36. The van der Waals surface area contributed by atoms with Crippen molar-refractivity contribution in [1.29, 1.82) is 0 Å². The molecule has 1 rings (SSSR count). The first-order chi connectivity index (χ1) is 9.63. The summed E-state index contributed by atoms with van der Waals surface area (Å²) in [6.45, 7) is 0. The number of hydrogen-bond acceptors (Lipinski definition) is 6. The standard InChI is InChI=1S/C10H11N3O7S/c11-9(14)5-8(10(15)16)12-21(19,20)7-3-1-6(2-4-7)13(17)18/h1-4,8,12H,5H2,(H2,11,14)(H,15,16)/t8-/m0/s1. The highest BCUT2D eigenvalue weighted by molar-refractivity contribution is 7.89. The minimum Gasteiger partial charge on any atom is -0.480 e. The van der Waals surface area contributed by atoms with Gasteiger partial charge in [0.1, 0.15) is 6.04 Å². The zero-order valence-electron chi connectivity index (χ0n) is 10.4. The molecule has 0 saturated heterocycles. The lowest BCUT2D eigenvalue weighted by Gasteiger charge is -2.13. The molecule has 1 atom stereocenters. The molecule has 0 heterocycles. The number of benzene rings is 1. The van der Waals surface area contributed by atoms with E-state index in [0.717, 1.165) is 24.3 Å². The second kappa shape index (κ2) is 6.28. The topological polar surface area (TPSA) is 170 Å². The summed E-state index contributed by atoms with van der Waals surface area (Å²) in [7, 11) is -4.25. The smallest absolute Gasteiger partial charge is 0.322 e. The number of aliphatic carboxylic acids is 1. The van der Waals surface area contributed by atoms with Crippen LogP contribution >= 0.6 is 0 Å². The Balaban J connectivity index is 3.01. The van der Waals surface area contributed by atoms with Gasteiger partial charge in [0.05, 0.1) is 16.2 Å². The Bertz CT molecular complexity index is 668. The highest BCUT2D eigenvalue weighted by Crippen LogP contribution is 2.16. The quantitative estimate of drug-likeness (QED) is 0.436. The summed E-state index contributed by atoms with van der Waals surface area (Å²) >= 11 is 0. The third kappa shape index (κ3) is 4.50. The van der Waals surface area contributed by atoms with Crippen LogP contribution in [-0.4, -0.2) is 36.4 Å². The first kappa shape index (κ1) is 16.5. The van der Waals surface area contributed by atoms with E-state index in [9.17, 15) is 28.1 Å². The molecule has 0 radical (unpaired) electrons. The number of primary amides is 1. The van der Waals surface area contributed by atoms with E-state index in [1.807, 2.05) is 0 Å². The summed E-state index contributed by atoms with van der Waals surface area (Å²) in [6.07, 6.45) is -0.721. The van der Waals surface area contributed by atoms with Gasteiger partial charge >= 0.3 is 5.97 Å². The normalized spacial score (nSPS) is 12.6. The predicted octanol–water partition coefficient (Wildman–Crippen LogP) is -0.798. The molecular formula is C10H11N3O7S. The molecule has 21 heavy (non-hydrogen) atoms. The van der Waals surface area contributed by atoms with Crippen LogP contribution in [0.25, 0.3) is 0 Å². The number of carboxylic acid groups (broad SMARTS) is 1. The Hall–Kier alpha value is -2.53. The first-order valence-electron chi connectivity index (χ1n) is 5.41. The van der Waals surface area contributed by atoms with Crippen molar-refractivity contribution in [1.82, 2.24) is 4.72 Å². The minimum atomic E-state index is -4.25. The van der Waals surface area contributed by atoms with E-state index in [-0.39, 0.29) is 10.6 Å². The molecule has 114 valence electrons. The van der Waals surface area contributed by atoms with E-state index in [1.54, 1.807) is 4.72 Å². The van der Waals surface area contributed by atoms with Gasteiger partial charge in [-0.15, -0.1) is 0 Å². The van der Waals surface area contributed by atoms with E-state index >= 15 is 0 Å². The Morgan fingerprint density at radius 3 is 2.24 bits per heavy atom. The Morgan fingerprint density at radius 1 is 1.33 bits per heavy atom. The zero-order chi connectivity index (χ0) is 16.2. The maximum Gasteiger partial charge on any atom is 0.322 e. The lowest BCUT2D eigenvalue weighted by Crippen LogP contribution is -2.43. The van der Waals surface area contributed by atoms with E-state index < -0.39 is 39.3 Å². The molecule has 0 unspecified atom stereocenters. The van der Waals surface area contributed by atoms with Gasteiger partial charge in [0, 0.05) is 12.1 Å².